The van der Waals surface area contributed by atoms with E-state index in [2.05, 4.69) is 37.3 Å². The lowest BCUT2D eigenvalue weighted by Gasteiger charge is -1.98. The van der Waals surface area contributed by atoms with Gasteiger partial charge in [-0.25, -0.2) is 0 Å². The van der Waals surface area contributed by atoms with Crippen LogP contribution < -0.4 is 0 Å². The summed E-state index contributed by atoms with van der Waals surface area (Å²) in [5.74, 6) is 0. The quantitative estimate of drug-likeness (QED) is 0.549. The smallest absolute Gasteiger partial charge is 0.0699 e. The van der Waals surface area contributed by atoms with Crippen LogP contribution in [0.25, 0.3) is 0 Å². The van der Waals surface area contributed by atoms with Crippen molar-refractivity contribution in [1.29, 1.82) is 0 Å². The van der Waals surface area contributed by atoms with Crippen molar-refractivity contribution >= 4 is 7.85 Å². The molecule has 0 saturated heterocycles. The van der Waals surface area contributed by atoms with Gasteiger partial charge < -0.3 is 9.47 Å². The molecule has 1 rings (SSSR count). The molecule has 0 heterocycles. The fraction of sp³-hybridized carbons (Fsp3) is 0.625. The maximum absolute atomic E-state index is 5.14. The Morgan fingerprint density at radius 1 is 1.00 bits per heavy atom. The number of methoxy groups -OCH3 is 1. The third-order valence-electron chi connectivity index (χ3n) is 2.08. The molecule has 0 fully saturated rings. The summed E-state index contributed by atoms with van der Waals surface area (Å²) in [6.45, 7) is 8.13. The Hall–Kier alpha value is -0.795. The Morgan fingerprint density at radius 2 is 1.63 bits per heavy atom. The Kier molecular flexibility index (Phi) is 21.1. The average Bonchev–Trinajstić information content (AvgIpc) is 2.48. The van der Waals surface area contributed by atoms with Crippen LogP contribution >= 0.6 is 0 Å². The zero-order chi connectivity index (χ0) is 14.8. The van der Waals surface area contributed by atoms with Crippen LogP contribution in [-0.2, 0) is 15.9 Å². The Morgan fingerprint density at radius 3 is 2.11 bits per heavy atom. The lowest BCUT2D eigenvalue weighted by Crippen LogP contribution is -2.02. The monoisotopic (exact) mass is 264 g/mol. The van der Waals surface area contributed by atoms with Gasteiger partial charge in [0.2, 0.25) is 0 Å². The molecule has 3 heteroatoms. The highest BCUT2D eigenvalue weighted by molar-refractivity contribution is 6.08. The van der Waals surface area contributed by atoms with Crippen molar-refractivity contribution in [2.75, 3.05) is 26.9 Å². The second-order valence-corrected chi connectivity index (χ2v) is 3.63. The number of benzene rings is 1. The molecule has 0 aliphatic carbocycles. The predicted octanol–water partition coefficient (Wildman–Crippen LogP) is 3.90. The Bertz CT molecular complexity index is 234. The topological polar surface area (TPSA) is 18.5 Å². The summed E-state index contributed by atoms with van der Waals surface area (Å²) in [6, 6.07) is 10.6. The van der Waals surface area contributed by atoms with Gasteiger partial charge in [-0.2, -0.15) is 0 Å². The molecule has 108 valence electrons. The van der Waals surface area contributed by atoms with E-state index in [1.54, 1.807) is 7.11 Å². The number of ether oxygens (including phenoxy) is 2. The summed E-state index contributed by atoms with van der Waals surface area (Å²) in [4.78, 5) is 0. The summed E-state index contributed by atoms with van der Waals surface area (Å²) in [5, 5.41) is 0. The van der Waals surface area contributed by atoms with Crippen molar-refractivity contribution < 1.29 is 9.47 Å². The first-order chi connectivity index (χ1) is 9.35. The van der Waals surface area contributed by atoms with Crippen molar-refractivity contribution in [2.24, 2.45) is 0 Å². The molecule has 0 saturated carbocycles. The standard InChI is InChI=1S/C9H12.C5H11BO2.C2H6/c1-2-6-9-7-4-3-5-8-9;1-7-4-5-8-3-2-6;1-2/h3-5,7-8H,2,6H2,1H3;2-5H2,1H3;1-2H3. The summed E-state index contributed by atoms with van der Waals surface area (Å²) >= 11 is 0. The summed E-state index contributed by atoms with van der Waals surface area (Å²) in [6.07, 6.45) is 3.04. The normalized spacial score (nSPS) is 8.84. The number of aryl methyl sites for hydroxylation is 1. The van der Waals surface area contributed by atoms with Crippen LogP contribution in [0.3, 0.4) is 0 Å². The van der Waals surface area contributed by atoms with Crippen molar-refractivity contribution in [1.82, 2.24) is 0 Å². The molecule has 19 heavy (non-hydrogen) atoms. The van der Waals surface area contributed by atoms with Gasteiger partial charge >= 0.3 is 0 Å². The molecule has 0 aliphatic heterocycles. The fourth-order valence-electron chi connectivity index (χ4n) is 1.26. The van der Waals surface area contributed by atoms with E-state index < -0.39 is 0 Å². The van der Waals surface area contributed by atoms with E-state index in [9.17, 15) is 0 Å². The molecule has 0 N–H and O–H groups in total. The van der Waals surface area contributed by atoms with Gasteiger partial charge in [-0.05, 0) is 12.0 Å². The third-order valence-corrected chi connectivity index (χ3v) is 2.08. The fourth-order valence-corrected chi connectivity index (χ4v) is 1.26. The molecule has 1 aromatic carbocycles. The SMILES string of the molecule is CC.CCCc1ccccc1.[B]CCOCCOC. The van der Waals surface area contributed by atoms with Crippen LogP contribution in [0.5, 0.6) is 0 Å². The number of rotatable bonds is 7. The van der Waals surface area contributed by atoms with Crippen LogP contribution in [0.4, 0.5) is 0 Å². The molecule has 0 spiro atoms. The first-order valence-electron chi connectivity index (χ1n) is 7.15. The van der Waals surface area contributed by atoms with E-state index >= 15 is 0 Å². The first kappa shape index (κ1) is 20.5. The van der Waals surface area contributed by atoms with Crippen LogP contribution in [0, 0.1) is 0 Å². The highest BCUT2D eigenvalue weighted by Crippen LogP contribution is 2.00. The zero-order valence-electron chi connectivity index (χ0n) is 13.0. The molecule has 0 bridgehead atoms. The van der Waals surface area contributed by atoms with Crippen molar-refractivity contribution in [3.8, 4) is 0 Å². The van der Waals surface area contributed by atoms with Gasteiger partial charge in [-0.1, -0.05) is 63.8 Å². The molecule has 0 aliphatic rings. The van der Waals surface area contributed by atoms with E-state index in [0.717, 1.165) is 0 Å². The number of hydrogen-bond acceptors (Lipinski definition) is 2. The number of hydrogen-bond donors (Lipinski definition) is 0. The zero-order valence-corrected chi connectivity index (χ0v) is 13.0. The van der Waals surface area contributed by atoms with E-state index in [4.69, 9.17) is 17.3 Å². The summed E-state index contributed by atoms with van der Waals surface area (Å²) < 4.78 is 9.70. The molecular formula is C16H29BO2. The minimum atomic E-state index is 0.587. The lowest BCUT2D eigenvalue weighted by molar-refractivity contribution is 0.0778. The van der Waals surface area contributed by atoms with Crippen LogP contribution in [0.1, 0.15) is 32.8 Å². The van der Waals surface area contributed by atoms with Gasteiger partial charge in [-0.15, -0.1) is 0 Å². The van der Waals surface area contributed by atoms with E-state index in [0.29, 0.717) is 26.1 Å². The van der Waals surface area contributed by atoms with Crippen LogP contribution in [-0.4, -0.2) is 34.8 Å². The third kappa shape index (κ3) is 17.2. The minimum absolute atomic E-state index is 0.587. The Balaban J connectivity index is 0. The second kappa shape index (κ2) is 19.5. The lowest BCUT2D eigenvalue weighted by atomic mass is 10.1. The Labute approximate surface area is 120 Å². The maximum Gasteiger partial charge on any atom is 0.0699 e. The minimum Gasteiger partial charge on any atom is -0.382 e. The van der Waals surface area contributed by atoms with Crippen molar-refractivity contribution in [3.63, 3.8) is 0 Å². The van der Waals surface area contributed by atoms with Gasteiger partial charge in [0.05, 0.1) is 21.1 Å². The molecule has 2 nitrogen and oxygen atoms in total. The summed E-state index contributed by atoms with van der Waals surface area (Å²) in [5.41, 5.74) is 1.44. The largest absolute Gasteiger partial charge is 0.382 e. The van der Waals surface area contributed by atoms with Gasteiger partial charge in [0.25, 0.3) is 0 Å². The highest BCUT2D eigenvalue weighted by atomic mass is 16.5. The van der Waals surface area contributed by atoms with E-state index in [1.807, 2.05) is 13.8 Å². The van der Waals surface area contributed by atoms with E-state index in [1.165, 1.54) is 18.4 Å². The molecule has 0 atom stereocenters. The molecule has 1 aromatic rings. The van der Waals surface area contributed by atoms with Gasteiger partial charge in [-0.3, -0.25) is 0 Å². The molecule has 0 amide bonds. The first-order valence-corrected chi connectivity index (χ1v) is 7.15. The highest BCUT2D eigenvalue weighted by Gasteiger charge is 1.84. The molecule has 0 unspecified atom stereocenters. The average molecular weight is 264 g/mol. The predicted molar refractivity (Wildman–Crippen MR) is 85.0 cm³/mol. The van der Waals surface area contributed by atoms with Crippen LogP contribution in [0.2, 0.25) is 6.32 Å². The van der Waals surface area contributed by atoms with Crippen molar-refractivity contribution in [3.05, 3.63) is 35.9 Å². The van der Waals surface area contributed by atoms with E-state index in [-0.39, 0.29) is 0 Å². The van der Waals surface area contributed by atoms with Gasteiger partial charge in [0, 0.05) is 13.7 Å². The molecular weight excluding hydrogens is 235 g/mol. The van der Waals surface area contributed by atoms with Crippen LogP contribution in [0.15, 0.2) is 30.3 Å². The molecule has 0 aromatic heterocycles. The molecule has 2 radical (unpaired) electrons. The van der Waals surface area contributed by atoms with Gasteiger partial charge in [0.1, 0.15) is 0 Å². The maximum atomic E-state index is 5.14. The van der Waals surface area contributed by atoms with Gasteiger partial charge in [0.15, 0.2) is 0 Å². The van der Waals surface area contributed by atoms with Crippen molar-refractivity contribution in [2.45, 2.75) is 39.9 Å². The second-order valence-electron chi connectivity index (χ2n) is 3.63. The summed E-state index contributed by atoms with van der Waals surface area (Å²) in [7, 11) is 6.79.